The third-order valence-electron chi connectivity index (χ3n) is 2.98. The molecule has 0 aliphatic carbocycles. The Morgan fingerprint density at radius 1 is 1.05 bits per heavy atom. The minimum absolute atomic E-state index is 0.0520. The molecule has 0 heterocycles. The quantitative estimate of drug-likeness (QED) is 0.860. The molecule has 2 rings (SSSR count). The van der Waals surface area contributed by atoms with Crippen LogP contribution in [0.2, 0.25) is 0 Å². The molecule has 0 unspecified atom stereocenters. The van der Waals surface area contributed by atoms with E-state index >= 15 is 0 Å². The molecule has 0 aliphatic heterocycles. The fourth-order valence-electron chi connectivity index (χ4n) is 1.99. The van der Waals surface area contributed by atoms with Crippen molar-refractivity contribution < 1.29 is 18.6 Å². The van der Waals surface area contributed by atoms with Crippen molar-refractivity contribution >= 4 is 0 Å². The minimum atomic E-state index is -0.736. The predicted molar refractivity (Wildman–Crippen MR) is 76.4 cm³/mol. The molecule has 2 aromatic rings. The molecule has 2 N–H and O–H groups in total. The van der Waals surface area contributed by atoms with Crippen molar-refractivity contribution in [2.24, 2.45) is 0 Å². The number of halogens is 2. The maximum Gasteiger partial charge on any atom is 0.198 e. The maximum absolute atomic E-state index is 13.9. The fourth-order valence-corrected chi connectivity index (χ4v) is 1.99. The summed E-state index contributed by atoms with van der Waals surface area (Å²) in [4.78, 5) is 0. The molecular weight excluding hydrogens is 276 g/mol. The van der Waals surface area contributed by atoms with Crippen molar-refractivity contribution in [1.82, 2.24) is 5.32 Å². The number of nitrogens with one attached hydrogen (secondary N) is 1. The van der Waals surface area contributed by atoms with Gasteiger partial charge in [-0.3, -0.25) is 0 Å². The van der Waals surface area contributed by atoms with Gasteiger partial charge in [-0.1, -0.05) is 12.1 Å². The summed E-state index contributed by atoms with van der Waals surface area (Å²) in [6, 6.07) is 9.22. The van der Waals surface area contributed by atoms with Gasteiger partial charge in [-0.25, -0.2) is 8.78 Å². The molecule has 112 valence electrons. The van der Waals surface area contributed by atoms with E-state index in [2.05, 4.69) is 5.32 Å². The van der Waals surface area contributed by atoms with Gasteiger partial charge in [0.05, 0.1) is 0 Å². The van der Waals surface area contributed by atoms with E-state index in [-0.39, 0.29) is 6.61 Å². The summed E-state index contributed by atoms with van der Waals surface area (Å²) < 4.78 is 33.1. The standard InChI is InChI=1S/C16H17F2NO2/c1-19-10-12-8-14(17)16(15(18)9-12)21-13-4-2-11(3-5-13)6-7-20/h2-5,8-9,19-20H,6-7,10H2,1H3. The van der Waals surface area contributed by atoms with E-state index in [4.69, 9.17) is 9.84 Å². The molecule has 2 aromatic carbocycles. The summed E-state index contributed by atoms with van der Waals surface area (Å²) in [5, 5.41) is 11.7. The average Bonchev–Trinajstić information content (AvgIpc) is 2.45. The number of hydrogen-bond acceptors (Lipinski definition) is 3. The zero-order valence-corrected chi connectivity index (χ0v) is 11.7. The van der Waals surface area contributed by atoms with Crippen molar-refractivity contribution in [1.29, 1.82) is 0 Å². The van der Waals surface area contributed by atoms with Gasteiger partial charge in [0.2, 0.25) is 0 Å². The number of aliphatic hydroxyl groups excluding tert-OH is 1. The first-order chi connectivity index (χ1) is 10.1. The molecule has 0 amide bonds. The van der Waals surface area contributed by atoms with Gasteiger partial charge in [0.25, 0.3) is 0 Å². The molecule has 21 heavy (non-hydrogen) atoms. The van der Waals surface area contributed by atoms with Gasteiger partial charge in [0, 0.05) is 13.2 Å². The average molecular weight is 293 g/mol. The third-order valence-corrected chi connectivity index (χ3v) is 2.98. The van der Waals surface area contributed by atoms with Crippen LogP contribution in [0, 0.1) is 11.6 Å². The van der Waals surface area contributed by atoms with E-state index in [1.165, 1.54) is 12.1 Å². The van der Waals surface area contributed by atoms with Crippen molar-refractivity contribution in [3.8, 4) is 11.5 Å². The van der Waals surface area contributed by atoms with E-state index in [0.29, 0.717) is 24.3 Å². The van der Waals surface area contributed by atoms with Crippen LogP contribution in [-0.2, 0) is 13.0 Å². The summed E-state index contributed by atoms with van der Waals surface area (Å²) in [5.74, 6) is -1.54. The molecule has 0 bridgehead atoms. The molecule has 0 atom stereocenters. The summed E-state index contributed by atoms with van der Waals surface area (Å²) in [5.41, 5.74) is 1.44. The van der Waals surface area contributed by atoms with Gasteiger partial charge in [-0.05, 0) is 48.9 Å². The Morgan fingerprint density at radius 3 is 2.19 bits per heavy atom. The summed E-state index contributed by atoms with van der Waals surface area (Å²) in [6.45, 7) is 0.431. The van der Waals surface area contributed by atoms with Gasteiger partial charge in [-0.15, -0.1) is 0 Å². The molecule has 0 aromatic heterocycles. The monoisotopic (exact) mass is 293 g/mol. The highest BCUT2D eigenvalue weighted by molar-refractivity contribution is 5.37. The fraction of sp³-hybridized carbons (Fsp3) is 0.250. The first-order valence-corrected chi connectivity index (χ1v) is 6.64. The minimum Gasteiger partial charge on any atom is -0.451 e. The number of rotatable bonds is 6. The lowest BCUT2D eigenvalue weighted by Crippen LogP contribution is -2.06. The van der Waals surface area contributed by atoms with Crippen molar-refractivity contribution in [2.75, 3.05) is 13.7 Å². The Bertz CT molecular complexity index is 577. The van der Waals surface area contributed by atoms with Crippen LogP contribution in [0.15, 0.2) is 36.4 Å². The Balaban J connectivity index is 2.19. The zero-order chi connectivity index (χ0) is 15.2. The Labute approximate surface area is 122 Å². The van der Waals surface area contributed by atoms with Gasteiger partial charge in [0.15, 0.2) is 17.4 Å². The number of hydrogen-bond donors (Lipinski definition) is 2. The first-order valence-electron chi connectivity index (χ1n) is 6.64. The van der Waals surface area contributed by atoms with E-state index in [0.717, 1.165) is 5.56 Å². The number of benzene rings is 2. The lowest BCUT2D eigenvalue weighted by molar-refractivity contribution is 0.299. The zero-order valence-electron chi connectivity index (χ0n) is 11.7. The lowest BCUT2D eigenvalue weighted by Gasteiger charge is -2.10. The van der Waals surface area contributed by atoms with Crippen molar-refractivity contribution in [3.05, 3.63) is 59.2 Å². The predicted octanol–water partition coefficient (Wildman–Crippen LogP) is 3.01. The summed E-state index contributed by atoms with van der Waals surface area (Å²) >= 11 is 0. The SMILES string of the molecule is CNCc1cc(F)c(Oc2ccc(CCO)cc2)c(F)c1. The molecular formula is C16H17F2NO2. The van der Waals surface area contributed by atoms with Crippen LogP contribution in [0.1, 0.15) is 11.1 Å². The lowest BCUT2D eigenvalue weighted by atomic mass is 10.1. The summed E-state index contributed by atoms with van der Waals surface area (Å²) in [7, 11) is 1.70. The highest BCUT2D eigenvalue weighted by Crippen LogP contribution is 2.28. The van der Waals surface area contributed by atoms with E-state index < -0.39 is 17.4 Å². The molecule has 0 saturated heterocycles. The normalized spacial score (nSPS) is 10.7. The first kappa shape index (κ1) is 15.4. The van der Waals surface area contributed by atoms with Crippen LogP contribution in [0.5, 0.6) is 11.5 Å². The van der Waals surface area contributed by atoms with Gasteiger partial charge < -0.3 is 15.2 Å². The van der Waals surface area contributed by atoms with E-state index in [1.54, 1.807) is 31.3 Å². The Hall–Kier alpha value is -1.98. The highest BCUT2D eigenvalue weighted by Gasteiger charge is 2.13. The Morgan fingerprint density at radius 2 is 1.67 bits per heavy atom. The van der Waals surface area contributed by atoms with Gasteiger partial charge in [0.1, 0.15) is 5.75 Å². The molecule has 3 nitrogen and oxygen atoms in total. The third kappa shape index (κ3) is 4.00. The largest absolute Gasteiger partial charge is 0.451 e. The maximum atomic E-state index is 13.9. The second-order valence-electron chi connectivity index (χ2n) is 4.64. The molecule has 0 aliphatic rings. The highest BCUT2D eigenvalue weighted by atomic mass is 19.1. The second kappa shape index (κ2) is 7.15. The number of aliphatic hydroxyl groups is 1. The van der Waals surface area contributed by atoms with Crippen LogP contribution in [0.3, 0.4) is 0 Å². The van der Waals surface area contributed by atoms with Crippen LogP contribution in [-0.4, -0.2) is 18.8 Å². The second-order valence-corrected chi connectivity index (χ2v) is 4.64. The summed E-state index contributed by atoms with van der Waals surface area (Å²) in [6.07, 6.45) is 0.529. The molecule has 0 saturated carbocycles. The Kier molecular flexibility index (Phi) is 5.25. The number of ether oxygens (including phenoxy) is 1. The smallest absolute Gasteiger partial charge is 0.198 e. The van der Waals surface area contributed by atoms with E-state index in [1.807, 2.05) is 0 Å². The van der Waals surface area contributed by atoms with E-state index in [9.17, 15) is 8.78 Å². The molecule has 0 radical (unpaired) electrons. The molecule has 0 fully saturated rings. The van der Waals surface area contributed by atoms with Crippen molar-refractivity contribution in [2.45, 2.75) is 13.0 Å². The van der Waals surface area contributed by atoms with Crippen LogP contribution < -0.4 is 10.1 Å². The molecule has 5 heteroatoms. The van der Waals surface area contributed by atoms with Gasteiger partial charge in [-0.2, -0.15) is 0 Å². The van der Waals surface area contributed by atoms with Gasteiger partial charge >= 0.3 is 0 Å². The van der Waals surface area contributed by atoms with Crippen LogP contribution >= 0.6 is 0 Å². The van der Waals surface area contributed by atoms with Crippen LogP contribution in [0.4, 0.5) is 8.78 Å². The molecule has 0 spiro atoms. The van der Waals surface area contributed by atoms with Crippen LogP contribution in [0.25, 0.3) is 0 Å². The topological polar surface area (TPSA) is 41.5 Å². The van der Waals surface area contributed by atoms with Crippen molar-refractivity contribution in [3.63, 3.8) is 0 Å².